The Labute approximate surface area is 175 Å². The van der Waals surface area contributed by atoms with E-state index in [2.05, 4.69) is 15.6 Å². The number of hydrogen-bond donors (Lipinski definition) is 2. The molecule has 0 saturated heterocycles. The molecule has 0 atom stereocenters. The number of rotatable bonds is 9. The van der Waals surface area contributed by atoms with Crippen LogP contribution in [0.3, 0.4) is 0 Å². The standard InChI is InChI=1S/C22H26N4O2S/c1-16-21(26-14-7-5-11-19(26)24-16)22(28)23-13-6-3-4-12-20(27)25-17-9-8-10-18(15-17)29-2/h5,7-11,14-15H,3-4,6,12-13H2,1-2H3,(H,23,28)(H,25,27). The lowest BCUT2D eigenvalue weighted by Gasteiger charge is -2.07. The van der Waals surface area contributed by atoms with E-state index in [0.717, 1.165) is 41.2 Å². The predicted octanol–water partition coefficient (Wildman–Crippen LogP) is 4.29. The molecule has 3 aromatic rings. The summed E-state index contributed by atoms with van der Waals surface area (Å²) in [5, 5.41) is 5.89. The Morgan fingerprint density at radius 2 is 1.97 bits per heavy atom. The Morgan fingerprint density at radius 3 is 2.79 bits per heavy atom. The van der Waals surface area contributed by atoms with E-state index in [0.29, 0.717) is 18.7 Å². The highest BCUT2D eigenvalue weighted by atomic mass is 32.2. The number of aryl methyl sites for hydroxylation is 1. The lowest BCUT2D eigenvalue weighted by Crippen LogP contribution is -2.26. The van der Waals surface area contributed by atoms with Crippen LogP contribution in [0.1, 0.15) is 41.9 Å². The van der Waals surface area contributed by atoms with Gasteiger partial charge >= 0.3 is 0 Å². The van der Waals surface area contributed by atoms with Crippen molar-refractivity contribution >= 4 is 34.9 Å². The Kier molecular flexibility index (Phi) is 7.30. The first kappa shape index (κ1) is 20.9. The number of nitrogens with zero attached hydrogens (tertiary/aromatic N) is 2. The molecule has 2 aromatic heterocycles. The number of fused-ring (bicyclic) bond motifs is 1. The molecule has 152 valence electrons. The summed E-state index contributed by atoms with van der Waals surface area (Å²) in [6, 6.07) is 13.5. The summed E-state index contributed by atoms with van der Waals surface area (Å²) in [6.07, 6.45) is 6.83. The molecule has 0 bridgehead atoms. The SMILES string of the molecule is CSc1cccc(NC(=O)CCCCCNC(=O)c2c(C)nc3ccccn23)c1. The lowest BCUT2D eigenvalue weighted by atomic mass is 10.2. The molecule has 6 nitrogen and oxygen atoms in total. The number of benzene rings is 1. The summed E-state index contributed by atoms with van der Waals surface area (Å²) in [5.41, 5.74) is 2.89. The molecule has 0 unspecified atom stereocenters. The minimum atomic E-state index is -0.118. The van der Waals surface area contributed by atoms with Gasteiger partial charge < -0.3 is 10.6 Å². The van der Waals surface area contributed by atoms with E-state index in [1.165, 1.54) is 0 Å². The largest absolute Gasteiger partial charge is 0.351 e. The third-order valence-corrected chi connectivity index (χ3v) is 5.36. The van der Waals surface area contributed by atoms with E-state index in [1.54, 1.807) is 16.2 Å². The Hall–Kier alpha value is -2.80. The topological polar surface area (TPSA) is 75.5 Å². The van der Waals surface area contributed by atoms with Gasteiger partial charge in [0.1, 0.15) is 11.3 Å². The summed E-state index contributed by atoms with van der Waals surface area (Å²) in [6.45, 7) is 2.42. The molecule has 29 heavy (non-hydrogen) atoms. The summed E-state index contributed by atoms with van der Waals surface area (Å²) >= 11 is 1.65. The summed E-state index contributed by atoms with van der Waals surface area (Å²) in [7, 11) is 0. The van der Waals surface area contributed by atoms with Crippen molar-refractivity contribution in [1.29, 1.82) is 0 Å². The smallest absolute Gasteiger partial charge is 0.270 e. The first-order valence-corrected chi connectivity index (χ1v) is 11.0. The third-order valence-electron chi connectivity index (χ3n) is 4.64. The number of anilines is 1. The van der Waals surface area contributed by atoms with Crippen LogP contribution in [0, 0.1) is 6.92 Å². The van der Waals surface area contributed by atoms with Gasteiger partial charge in [-0.15, -0.1) is 11.8 Å². The van der Waals surface area contributed by atoms with Gasteiger partial charge in [0.05, 0.1) is 5.69 Å². The molecular weight excluding hydrogens is 384 g/mol. The van der Waals surface area contributed by atoms with E-state index in [9.17, 15) is 9.59 Å². The highest BCUT2D eigenvalue weighted by Gasteiger charge is 2.15. The van der Waals surface area contributed by atoms with Crippen molar-refractivity contribution in [1.82, 2.24) is 14.7 Å². The molecule has 1 aromatic carbocycles. The zero-order chi connectivity index (χ0) is 20.6. The van der Waals surface area contributed by atoms with Gasteiger partial charge in [0.25, 0.3) is 5.91 Å². The van der Waals surface area contributed by atoms with E-state index in [-0.39, 0.29) is 11.8 Å². The quantitative estimate of drug-likeness (QED) is 0.407. The van der Waals surface area contributed by atoms with Crippen LogP contribution in [-0.4, -0.2) is 34.0 Å². The van der Waals surface area contributed by atoms with Crippen LogP contribution in [0.2, 0.25) is 0 Å². The number of imidazole rings is 1. The van der Waals surface area contributed by atoms with Crippen molar-refractivity contribution in [3.8, 4) is 0 Å². The molecular formula is C22H26N4O2S. The Bertz CT molecular complexity index is 999. The van der Waals surface area contributed by atoms with Gasteiger partial charge in [-0.1, -0.05) is 18.6 Å². The average molecular weight is 411 g/mol. The van der Waals surface area contributed by atoms with Crippen LogP contribution in [0.5, 0.6) is 0 Å². The molecule has 0 spiro atoms. The fraction of sp³-hybridized carbons (Fsp3) is 0.318. The van der Waals surface area contributed by atoms with Crippen molar-refractivity contribution in [3.63, 3.8) is 0 Å². The molecule has 2 heterocycles. The maximum Gasteiger partial charge on any atom is 0.270 e. The summed E-state index contributed by atoms with van der Waals surface area (Å²) < 4.78 is 1.81. The maximum atomic E-state index is 12.5. The summed E-state index contributed by atoms with van der Waals surface area (Å²) in [4.78, 5) is 30.1. The second-order valence-corrected chi connectivity index (χ2v) is 7.70. The number of carbonyl (C=O) groups excluding carboxylic acids is 2. The molecule has 0 aliphatic carbocycles. The van der Waals surface area contributed by atoms with Gasteiger partial charge in [0.15, 0.2) is 0 Å². The zero-order valence-electron chi connectivity index (χ0n) is 16.8. The van der Waals surface area contributed by atoms with Crippen LogP contribution in [0.4, 0.5) is 5.69 Å². The van der Waals surface area contributed by atoms with E-state index < -0.39 is 0 Å². The zero-order valence-corrected chi connectivity index (χ0v) is 17.6. The van der Waals surface area contributed by atoms with E-state index in [1.807, 2.05) is 61.8 Å². The first-order chi connectivity index (χ1) is 14.1. The molecule has 2 amide bonds. The first-order valence-electron chi connectivity index (χ1n) is 9.74. The molecule has 2 N–H and O–H groups in total. The predicted molar refractivity (Wildman–Crippen MR) is 118 cm³/mol. The Balaban J connectivity index is 1.37. The monoisotopic (exact) mass is 410 g/mol. The molecule has 3 rings (SSSR count). The molecule has 0 saturated carbocycles. The van der Waals surface area contributed by atoms with Gasteiger partial charge in [0.2, 0.25) is 5.91 Å². The van der Waals surface area contributed by atoms with Gasteiger partial charge in [-0.2, -0.15) is 0 Å². The van der Waals surface area contributed by atoms with E-state index in [4.69, 9.17) is 0 Å². The van der Waals surface area contributed by atoms with Crippen molar-refractivity contribution in [2.45, 2.75) is 37.5 Å². The van der Waals surface area contributed by atoms with Gasteiger partial charge in [-0.25, -0.2) is 4.98 Å². The average Bonchev–Trinajstić information content (AvgIpc) is 3.06. The number of hydrogen-bond acceptors (Lipinski definition) is 4. The van der Waals surface area contributed by atoms with Gasteiger partial charge in [-0.05, 0) is 56.4 Å². The van der Waals surface area contributed by atoms with E-state index >= 15 is 0 Å². The fourth-order valence-electron chi connectivity index (χ4n) is 3.18. The van der Waals surface area contributed by atoms with Crippen molar-refractivity contribution in [3.05, 3.63) is 60.0 Å². The Morgan fingerprint density at radius 1 is 1.10 bits per heavy atom. The number of unbranched alkanes of at least 4 members (excludes halogenated alkanes) is 2. The number of nitrogens with one attached hydrogen (secondary N) is 2. The third kappa shape index (κ3) is 5.60. The maximum absolute atomic E-state index is 12.5. The van der Waals surface area contributed by atoms with Crippen molar-refractivity contribution in [2.24, 2.45) is 0 Å². The van der Waals surface area contributed by atoms with Crippen LogP contribution in [-0.2, 0) is 4.79 Å². The van der Waals surface area contributed by atoms with Crippen LogP contribution >= 0.6 is 11.8 Å². The summed E-state index contributed by atoms with van der Waals surface area (Å²) in [5.74, 6) is -0.0961. The minimum absolute atomic E-state index is 0.0219. The van der Waals surface area contributed by atoms with Crippen LogP contribution < -0.4 is 10.6 Å². The highest BCUT2D eigenvalue weighted by Crippen LogP contribution is 2.19. The van der Waals surface area contributed by atoms with Crippen molar-refractivity contribution < 1.29 is 9.59 Å². The normalized spacial score (nSPS) is 10.8. The molecule has 0 aliphatic rings. The molecule has 0 radical (unpaired) electrons. The molecule has 0 fully saturated rings. The number of thioether (sulfide) groups is 1. The highest BCUT2D eigenvalue weighted by molar-refractivity contribution is 7.98. The van der Waals surface area contributed by atoms with Crippen LogP contribution in [0.25, 0.3) is 5.65 Å². The minimum Gasteiger partial charge on any atom is -0.351 e. The second kappa shape index (κ2) is 10.1. The van der Waals surface area contributed by atoms with Gasteiger partial charge in [0, 0.05) is 29.7 Å². The molecule has 0 aliphatic heterocycles. The van der Waals surface area contributed by atoms with Crippen LogP contribution in [0.15, 0.2) is 53.6 Å². The van der Waals surface area contributed by atoms with Crippen molar-refractivity contribution in [2.75, 3.05) is 18.1 Å². The number of amides is 2. The number of carbonyl (C=O) groups is 2. The second-order valence-electron chi connectivity index (χ2n) is 6.82. The number of pyridine rings is 1. The van der Waals surface area contributed by atoms with Gasteiger partial charge in [-0.3, -0.25) is 14.0 Å². The molecule has 7 heteroatoms. The lowest BCUT2D eigenvalue weighted by molar-refractivity contribution is -0.116. The number of aromatic nitrogens is 2. The fourth-order valence-corrected chi connectivity index (χ4v) is 3.64.